The second kappa shape index (κ2) is 13.6. The highest BCUT2D eigenvalue weighted by atomic mass is 16.4. The highest BCUT2D eigenvalue weighted by Gasteiger charge is 2.51. The number of nitrogens with zero attached hydrogens (tertiary/aromatic N) is 2. The van der Waals surface area contributed by atoms with Gasteiger partial charge in [-0.1, -0.05) is 0 Å². The molecule has 0 aromatic carbocycles. The molecule has 0 amide bonds. The van der Waals surface area contributed by atoms with E-state index in [9.17, 15) is 19.2 Å². The first kappa shape index (κ1) is 30.7. The summed E-state index contributed by atoms with van der Waals surface area (Å²) >= 11 is 0. The molecule has 15 nitrogen and oxygen atoms in total. The number of anilines is 1. The van der Waals surface area contributed by atoms with Gasteiger partial charge in [-0.25, -0.2) is 19.2 Å². The number of hydrogen-bond donors (Lipinski definition) is 9. The zero-order chi connectivity index (χ0) is 27.7. The Morgan fingerprint density at radius 1 is 0.889 bits per heavy atom. The molecule has 3 rings (SSSR count). The molecule has 1 aromatic heterocycles. The molecular weight excluding hydrogens is 486 g/mol. The van der Waals surface area contributed by atoms with E-state index in [0.29, 0.717) is 6.04 Å². The van der Waals surface area contributed by atoms with Crippen LogP contribution in [-0.4, -0.2) is 120 Å². The number of rotatable bonds is 9. The Balaban J connectivity index is 0.000000287. The van der Waals surface area contributed by atoms with E-state index in [0.717, 1.165) is 18.5 Å². The van der Waals surface area contributed by atoms with Crippen molar-refractivity contribution >= 4 is 29.6 Å². The van der Waals surface area contributed by atoms with E-state index in [1.807, 2.05) is 19.4 Å². The van der Waals surface area contributed by atoms with Crippen LogP contribution in [0.4, 0.5) is 5.69 Å². The third-order valence-corrected chi connectivity index (χ3v) is 5.42. The second-order valence-corrected chi connectivity index (χ2v) is 8.27. The van der Waals surface area contributed by atoms with Crippen molar-refractivity contribution in [2.75, 3.05) is 18.5 Å². The molecule has 7 atom stereocenters. The highest BCUT2D eigenvalue weighted by Crippen LogP contribution is 2.49. The van der Waals surface area contributed by atoms with Crippen LogP contribution in [0.5, 0.6) is 0 Å². The van der Waals surface area contributed by atoms with Crippen LogP contribution in [0.15, 0.2) is 18.5 Å². The quantitative estimate of drug-likeness (QED) is 0.162. The average molecular weight is 517 g/mol. The summed E-state index contributed by atoms with van der Waals surface area (Å²) in [7, 11) is 2.04. The van der Waals surface area contributed by atoms with Crippen LogP contribution in [0.2, 0.25) is 0 Å². The van der Waals surface area contributed by atoms with Gasteiger partial charge in [0.15, 0.2) is 24.4 Å². The van der Waals surface area contributed by atoms with Crippen molar-refractivity contribution < 1.29 is 60.0 Å². The number of aryl methyl sites for hydroxylation is 1. The highest BCUT2D eigenvalue weighted by molar-refractivity contribution is 5.83. The Morgan fingerprint density at radius 2 is 1.33 bits per heavy atom. The number of carbonyl (C=O) groups is 4. The van der Waals surface area contributed by atoms with Crippen LogP contribution in [-0.2, 0) is 19.2 Å². The van der Waals surface area contributed by atoms with Gasteiger partial charge in [0, 0.05) is 24.8 Å². The molecule has 2 heterocycles. The number of likely N-dealkylation sites (N-methyl/N-ethyl adjacent to an activating group) is 1. The fourth-order valence-electron chi connectivity index (χ4n) is 3.60. The van der Waals surface area contributed by atoms with E-state index < -0.39 is 48.3 Å². The summed E-state index contributed by atoms with van der Waals surface area (Å²) < 4.78 is 0. The monoisotopic (exact) mass is 517 g/mol. The van der Waals surface area contributed by atoms with Crippen molar-refractivity contribution in [2.24, 2.45) is 5.92 Å². The van der Waals surface area contributed by atoms with E-state index in [4.69, 9.17) is 40.9 Å². The summed E-state index contributed by atoms with van der Waals surface area (Å²) in [6, 6.07) is 3.72. The molecule has 9 N–H and O–H groups in total. The number of aromatic nitrogens is 1. The number of carboxylic acid groups (broad SMARTS) is 4. The maximum absolute atomic E-state index is 9.77. The Bertz CT molecular complexity index is 857. The SMILES string of the molecule is CNCC1CC2CC2N1c1cncc(C)c1.O=C(O)C(O)C(O)C(=O)O.O=C(O)C(O)C(O)C(=O)O. The summed E-state index contributed by atoms with van der Waals surface area (Å²) in [5.41, 5.74) is 2.56. The van der Waals surface area contributed by atoms with Gasteiger partial charge >= 0.3 is 23.9 Å². The number of pyridine rings is 1. The van der Waals surface area contributed by atoms with Crippen molar-refractivity contribution in [2.45, 2.75) is 56.3 Å². The minimum atomic E-state index is -2.27. The molecule has 0 radical (unpaired) electrons. The van der Waals surface area contributed by atoms with Crippen LogP contribution in [0.1, 0.15) is 18.4 Å². The van der Waals surface area contributed by atoms with E-state index in [1.165, 1.54) is 24.1 Å². The van der Waals surface area contributed by atoms with E-state index >= 15 is 0 Å². The third-order valence-electron chi connectivity index (χ3n) is 5.42. The van der Waals surface area contributed by atoms with Gasteiger partial charge in [-0.15, -0.1) is 0 Å². The third kappa shape index (κ3) is 8.69. The lowest BCUT2D eigenvalue weighted by Gasteiger charge is -2.29. The Morgan fingerprint density at radius 3 is 1.69 bits per heavy atom. The number of nitrogens with one attached hydrogen (secondary N) is 1. The Labute approximate surface area is 205 Å². The molecule has 0 bridgehead atoms. The summed E-state index contributed by atoms with van der Waals surface area (Å²) in [6.45, 7) is 3.20. The first-order chi connectivity index (χ1) is 16.7. The lowest BCUT2D eigenvalue weighted by Crippen LogP contribution is -2.39. The number of aliphatic carboxylic acids is 4. The zero-order valence-electron chi connectivity index (χ0n) is 19.5. The number of hydrogen-bond acceptors (Lipinski definition) is 11. The molecular formula is C21H31N3O12. The van der Waals surface area contributed by atoms with Gasteiger partial charge in [-0.2, -0.15) is 0 Å². The van der Waals surface area contributed by atoms with Crippen LogP contribution in [0.3, 0.4) is 0 Å². The van der Waals surface area contributed by atoms with Crippen LogP contribution >= 0.6 is 0 Å². The first-order valence-electron chi connectivity index (χ1n) is 10.7. The molecule has 36 heavy (non-hydrogen) atoms. The predicted octanol–water partition coefficient (Wildman–Crippen LogP) is -2.67. The van der Waals surface area contributed by atoms with E-state index in [2.05, 4.69) is 28.2 Å². The topological polar surface area (TPSA) is 258 Å². The minimum Gasteiger partial charge on any atom is -0.479 e. The molecule has 7 unspecified atom stereocenters. The van der Waals surface area contributed by atoms with Gasteiger partial charge in [0.2, 0.25) is 0 Å². The number of piperidine rings is 1. The van der Waals surface area contributed by atoms with Gasteiger partial charge in [0.25, 0.3) is 0 Å². The number of aliphatic hydroxyl groups is 4. The molecule has 0 spiro atoms. The normalized spacial score (nSPS) is 22.8. The maximum Gasteiger partial charge on any atom is 0.335 e. The van der Waals surface area contributed by atoms with E-state index in [-0.39, 0.29) is 0 Å². The standard InChI is InChI=1S/C13H19N3.2C4H6O6/c1-9-3-11(8-15-6-9)16-12(7-14-2)4-10-5-13(10)16;2*5-1(3(7)8)2(6)4(9)10/h3,6,8,10,12-14H,4-5,7H2,1-2H3;2*1-2,5-6H,(H,7,8)(H,9,10). The number of carboxylic acids is 4. The minimum absolute atomic E-state index is 0.664. The smallest absolute Gasteiger partial charge is 0.335 e. The van der Waals surface area contributed by atoms with Crippen LogP contribution in [0, 0.1) is 12.8 Å². The fraction of sp³-hybridized carbons (Fsp3) is 0.571. The van der Waals surface area contributed by atoms with Crippen LogP contribution in [0.25, 0.3) is 0 Å². The van der Waals surface area contributed by atoms with Crippen LogP contribution < -0.4 is 10.2 Å². The lowest BCUT2D eigenvalue weighted by molar-refractivity contribution is -0.165. The van der Waals surface area contributed by atoms with Crippen molar-refractivity contribution in [3.63, 3.8) is 0 Å². The van der Waals surface area contributed by atoms with Gasteiger partial charge < -0.3 is 51.1 Å². The summed E-state index contributed by atoms with van der Waals surface area (Å²) in [6.07, 6.45) is -2.40. The predicted molar refractivity (Wildman–Crippen MR) is 120 cm³/mol. The van der Waals surface area contributed by atoms with E-state index in [1.54, 1.807) is 0 Å². The van der Waals surface area contributed by atoms with Gasteiger partial charge in [-0.05, 0) is 44.4 Å². The Kier molecular flexibility index (Phi) is 11.6. The number of fused-ring (bicyclic) bond motifs is 1. The van der Waals surface area contributed by atoms with Gasteiger partial charge in [0.1, 0.15) is 0 Å². The molecule has 202 valence electrons. The molecule has 2 aliphatic rings. The molecule has 1 aromatic rings. The zero-order valence-corrected chi connectivity index (χ0v) is 19.5. The second-order valence-electron chi connectivity index (χ2n) is 8.27. The summed E-state index contributed by atoms with van der Waals surface area (Å²) in [5, 5.41) is 68.4. The fourth-order valence-corrected chi connectivity index (χ4v) is 3.60. The molecule has 15 heteroatoms. The van der Waals surface area contributed by atoms with Gasteiger partial charge in [-0.3, -0.25) is 4.98 Å². The average Bonchev–Trinajstić information content (AvgIpc) is 3.47. The van der Waals surface area contributed by atoms with Crippen molar-refractivity contribution in [1.29, 1.82) is 0 Å². The molecule has 1 aliphatic heterocycles. The molecule has 1 saturated heterocycles. The maximum atomic E-state index is 9.77. The number of aliphatic hydroxyl groups excluding tert-OH is 4. The van der Waals surface area contributed by atoms with Gasteiger partial charge in [0.05, 0.1) is 11.9 Å². The van der Waals surface area contributed by atoms with Crippen molar-refractivity contribution in [3.8, 4) is 0 Å². The Hall–Kier alpha value is -3.37. The van der Waals surface area contributed by atoms with Crippen molar-refractivity contribution in [1.82, 2.24) is 10.3 Å². The molecule has 2 fully saturated rings. The summed E-state index contributed by atoms with van der Waals surface area (Å²) in [5.74, 6) is -6.13. The first-order valence-corrected chi connectivity index (χ1v) is 10.7. The van der Waals surface area contributed by atoms with Crippen molar-refractivity contribution in [3.05, 3.63) is 24.0 Å². The largest absolute Gasteiger partial charge is 0.479 e. The molecule has 1 aliphatic carbocycles. The summed E-state index contributed by atoms with van der Waals surface area (Å²) in [4.78, 5) is 46.0. The molecule has 1 saturated carbocycles. The lowest BCUT2D eigenvalue weighted by atomic mass is 10.1.